The van der Waals surface area contributed by atoms with Crippen molar-refractivity contribution < 1.29 is 19.1 Å². The number of hydrogen-bond acceptors (Lipinski definition) is 4. The van der Waals surface area contributed by atoms with Crippen LogP contribution in [-0.2, 0) is 19.1 Å². The van der Waals surface area contributed by atoms with E-state index in [4.69, 9.17) is 9.47 Å². The van der Waals surface area contributed by atoms with E-state index < -0.39 is 5.54 Å². The van der Waals surface area contributed by atoms with Gasteiger partial charge in [0.2, 0.25) is 5.91 Å². The standard InChI is InChI=1S/C20H29NO4/c1-5-25-19(23)20(11-9-17(24-4)10-12-20)21-18(22)15(3)16-8-6-7-14(2)13-16/h6-8,13,15,17H,5,9-12H2,1-4H3,(H,21,22). The van der Waals surface area contributed by atoms with E-state index >= 15 is 0 Å². The lowest BCUT2D eigenvalue weighted by Gasteiger charge is -2.38. The molecule has 1 saturated carbocycles. The molecule has 1 aliphatic carbocycles. The van der Waals surface area contributed by atoms with Crippen LogP contribution < -0.4 is 5.32 Å². The Morgan fingerprint density at radius 1 is 1.32 bits per heavy atom. The number of benzene rings is 1. The van der Waals surface area contributed by atoms with Crippen LogP contribution in [0.2, 0.25) is 0 Å². The average molecular weight is 347 g/mol. The number of rotatable bonds is 6. The van der Waals surface area contributed by atoms with Crippen LogP contribution >= 0.6 is 0 Å². The molecular weight excluding hydrogens is 318 g/mol. The van der Waals surface area contributed by atoms with E-state index in [0.717, 1.165) is 24.0 Å². The average Bonchev–Trinajstić information content (AvgIpc) is 2.61. The molecule has 138 valence electrons. The predicted octanol–water partition coefficient (Wildman–Crippen LogP) is 3.11. The molecule has 1 fully saturated rings. The maximum absolute atomic E-state index is 12.8. The number of aryl methyl sites for hydroxylation is 1. The molecule has 5 heteroatoms. The SMILES string of the molecule is CCOC(=O)C1(NC(=O)C(C)c2cccc(C)c2)CCC(OC)CC1. The number of hydrogen-bond donors (Lipinski definition) is 1. The Morgan fingerprint density at radius 3 is 2.56 bits per heavy atom. The van der Waals surface area contributed by atoms with Gasteiger partial charge in [-0.25, -0.2) is 4.79 Å². The first kappa shape index (κ1) is 19.4. The monoisotopic (exact) mass is 347 g/mol. The molecular formula is C20H29NO4. The van der Waals surface area contributed by atoms with E-state index in [-0.39, 0.29) is 23.9 Å². The van der Waals surface area contributed by atoms with Gasteiger partial charge in [-0.15, -0.1) is 0 Å². The minimum Gasteiger partial charge on any atom is -0.464 e. The van der Waals surface area contributed by atoms with Crippen molar-refractivity contribution in [2.45, 2.75) is 64.0 Å². The Kier molecular flexibility index (Phi) is 6.59. The summed E-state index contributed by atoms with van der Waals surface area (Å²) in [6, 6.07) is 7.89. The molecule has 0 bridgehead atoms. The van der Waals surface area contributed by atoms with Crippen LogP contribution in [0.15, 0.2) is 24.3 Å². The molecule has 0 aromatic heterocycles. The lowest BCUT2D eigenvalue weighted by Crippen LogP contribution is -2.58. The molecule has 1 aromatic carbocycles. The first-order valence-corrected chi connectivity index (χ1v) is 9.00. The number of amides is 1. The van der Waals surface area contributed by atoms with Crippen molar-refractivity contribution in [2.24, 2.45) is 0 Å². The molecule has 1 N–H and O–H groups in total. The van der Waals surface area contributed by atoms with E-state index in [1.807, 2.05) is 38.1 Å². The van der Waals surface area contributed by atoms with Crippen LogP contribution in [0.4, 0.5) is 0 Å². The van der Waals surface area contributed by atoms with Gasteiger partial charge in [0.05, 0.1) is 18.6 Å². The van der Waals surface area contributed by atoms with Crippen molar-refractivity contribution in [2.75, 3.05) is 13.7 Å². The molecule has 0 radical (unpaired) electrons. The Balaban J connectivity index is 2.15. The fourth-order valence-electron chi connectivity index (χ4n) is 3.40. The van der Waals surface area contributed by atoms with E-state index in [2.05, 4.69) is 5.32 Å². The Labute approximate surface area is 150 Å². The zero-order valence-corrected chi connectivity index (χ0v) is 15.6. The maximum Gasteiger partial charge on any atom is 0.331 e. The first-order chi connectivity index (χ1) is 11.9. The summed E-state index contributed by atoms with van der Waals surface area (Å²) >= 11 is 0. The highest BCUT2D eigenvalue weighted by molar-refractivity contribution is 5.91. The van der Waals surface area contributed by atoms with Crippen LogP contribution in [0.1, 0.15) is 56.6 Å². The van der Waals surface area contributed by atoms with Crippen molar-refractivity contribution in [1.29, 1.82) is 0 Å². The largest absolute Gasteiger partial charge is 0.464 e. The van der Waals surface area contributed by atoms with Crippen LogP contribution in [0, 0.1) is 6.92 Å². The fraction of sp³-hybridized carbons (Fsp3) is 0.600. The summed E-state index contributed by atoms with van der Waals surface area (Å²) in [5.41, 5.74) is 1.11. The summed E-state index contributed by atoms with van der Waals surface area (Å²) in [7, 11) is 1.68. The van der Waals surface area contributed by atoms with Crippen molar-refractivity contribution in [3.8, 4) is 0 Å². The van der Waals surface area contributed by atoms with E-state index in [0.29, 0.717) is 19.4 Å². The van der Waals surface area contributed by atoms with Gasteiger partial charge in [0.25, 0.3) is 0 Å². The highest BCUT2D eigenvalue weighted by atomic mass is 16.5. The van der Waals surface area contributed by atoms with E-state index in [1.165, 1.54) is 0 Å². The molecule has 1 unspecified atom stereocenters. The Bertz CT molecular complexity index is 605. The number of nitrogens with one attached hydrogen (secondary N) is 1. The lowest BCUT2D eigenvalue weighted by atomic mass is 9.79. The summed E-state index contributed by atoms with van der Waals surface area (Å²) in [4.78, 5) is 25.4. The molecule has 25 heavy (non-hydrogen) atoms. The minimum atomic E-state index is -0.944. The molecule has 1 atom stereocenters. The third kappa shape index (κ3) is 4.60. The third-order valence-electron chi connectivity index (χ3n) is 5.08. The topological polar surface area (TPSA) is 64.6 Å². The second-order valence-electron chi connectivity index (χ2n) is 6.86. The van der Waals surface area contributed by atoms with Crippen molar-refractivity contribution in [3.63, 3.8) is 0 Å². The normalized spacial score (nSPS) is 24.4. The van der Waals surface area contributed by atoms with Gasteiger partial charge in [0.15, 0.2) is 0 Å². The zero-order valence-electron chi connectivity index (χ0n) is 15.6. The van der Waals surface area contributed by atoms with Gasteiger partial charge in [-0.1, -0.05) is 29.8 Å². The van der Waals surface area contributed by atoms with Crippen LogP contribution in [0.3, 0.4) is 0 Å². The number of esters is 1. The number of ether oxygens (including phenoxy) is 2. The first-order valence-electron chi connectivity index (χ1n) is 9.00. The molecule has 2 rings (SSSR count). The summed E-state index contributed by atoms with van der Waals surface area (Å²) < 4.78 is 10.7. The molecule has 1 aromatic rings. The van der Waals surface area contributed by atoms with Gasteiger partial charge in [-0.05, 0) is 52.0 Å². The Hall–Kier alpha value is -1.88. The Morgan fingerprint density at radius 2 is 2.00 bits per heavy atom. The number of carbonyl (C=O) groups is 2. The fourth-order valence-corrected chi connectivity index (χ4v) is 3.40. The summed E-state index contributed by atoms with van der Waals surface area (Å²) in [5, 5.41) is 3.01. The van der Waals surface area contributed by atoms with Gasteiger partial charge in [-0.3, -0.25) is 4.79 Å². The van der Waals surface area contributed by atoms with Crippen molar-refractivity contribution in [3.05, 3.63) is 35.4 Å². The molecule has 0 saturated heterocycles. The minimum absolute atomic E-state index is 0.133. The van der Waals surface area contributed by atoms with Crippen LogP contribution in [0.25, 0.3) is 0 Å². The lowest BCUT2D eigenvalue weighted by molar-refractivity contribution is -0.156. The molecule has 0 heterocycles. The molecule has 0 aliphatic heterocycles. The molecule has 1 amide bonds. The second kappa shape index (κ2) is 8.48. The highest BCUT2D eigenvalue weighted by Crippen LogP contribution is 2.32. The molecule has 5 nitrogen and oxygen atoms in total. The molecule has 0 spiro atoms. The van der Waals surface area contributed by atoms with Crippen LogP contribution in [-0.4, -0.2) is 37.2 Å². The third-order valence-corrected chi connectivity index (χ3v) is 5.08. The maximum atomic E-state index is 12.8. The van der Waals surface area contributed by atoms with Gasteiger partial charge >= 0.3 is 5.97 Å². The number of methoxy groups -OCH3 is 1. The van der Waals surface area contributed by atoms with Crippen molar-refractivity contribution >= 4 is 11.9 Å². The van der Waals surface area contributed by atoms with Gasteiger partial charge in [0.1, 0.15) is 5.54 Å². The van der Waals surface area contributed by atoms with Crippen LogP contribution in [0.5, 0.6) is 0 Å². The van der Waals surface area contributed by atoms with Gasteiger partial charge in [-0.2, -0.15) is 0 Å². The van der Waals surface area contributed by atoms with E-state index in [1.54, 1.807) is 14.0 Å². The summed E-state index contributed by atoms with van der Waals surface area (Å²) in [5.74, 6) is -0.810. The zero-order chi connectivity index (χ0) is 18.4. The smallest absolute Gasteiger partial charge is 0.331 e. The van der Waals surface area contributed by atoms with E-state index in [9.17, 15) is 9.59 Å². The predicted molar refractivity (Wildman–Crippen MR) is 96.4 cm³/mol. The van der Waals surface area contributed by atoms with Crippen molar-refractivity contribution in [1.82, 2.24) is 5.32 Å². The van der Waals surface area contributed by atoms with Gasteiger partial charge in [0, 0.05) is 7.11 Å². The summed E-state index contributed by atoms with van der Waals surface area (Å²) in [6.45, 7) is 5.95. The van der Waals surface area contributed by atoms with Gasteiger partial charge < -0.3 is 14.8 Å². The molecule has 1 aliphatic rings. The number of carbonyl (C=O) groups excluding carboxylic acids is 2. The highest BCUT2D eigenvalue weighted by Gasteiger charge is 2.45. The second-order valence-corrected chi connectivity index (χ2v) is 6.86. The summed E-state index contributed by atoms with van der Waals surface area (Å²) in [6.07, 6.45) is 2.67. The quantitative estimate of drug-likeness (QED) is 0.803.